The Labute approximate surface area is 108 Å². The Morgan fingerprint density at radius 3 is 2.29 bits per heavy atom. The van der Waals surface area contributed by atoms with E-state index in [2.05, 4.69) is 4.90 Å². The number of anilines is 1. The summed E-state index contributed by atoms with van der Waals surface area (Å²) in [7, 11) is 0. The number of hydrogen-bond donors (Lipinski definition) is 0. The predicted octanol–water partition coefficient (Wildman–Crippen LogP) is 3.92. The van der Waals surface area contributed by atoms with E-state index in [1.54, 1.807) is 6.07 Å². The van der Waals surface area contributed by atoms with Crippen LogP contribution in [0.25, 0.3) is 0 Å². The maximum Gasteiger partial charge on any atom is 0.150 e. The minimum atomic E-state index is 0.644. The zero-order valence-electron chi connectivity index (χ0n) is 9.99. The maximum absolute atomic E-state index is 10.7. The quantitative estimate of drug-likeness (QED) is 0.743. The van der Waals surface area contributed by atoms with Crippen LogP contribution in [-0.4, -0.2) is 19.4 Å². The van der Waals surface area contributed by atoms with E-state index in [-0.39, 0.29) is 0 Å². The fraction of sp³-hybridized carbons (Fsp3) is 0.500. The molecule has 3 heteroatoms. The number of rotatable bonds is 2. The molecular formula is C14H18ClNO. The molecule has 0 spiro atoms. The largest absolute Gasteiger partial charge is 0.370 e. The molecule has 1 aromatic carbocycles. The molecule has 1 aromatic rings. The molecule has 0 atom stereocenters. The zero-order chi connectivity index (χ0) is 12.1. The van der Waals surface area contributed by atoms with E-state index in [9.17, 15) is 4.79 Å². The van der Waals surface area contributed by atoms with Crippen LogP contribution in [0.3, 0.4) is 0 Å². The fourth-order valence-electron chi connectivity index (χ4n) is 2.34. The van der Waals surface area contributed by atoms with Crippen LogP contribution in [0.1, 0.15) is 42.5 Å². The van der Waals surface area contributed by atoms with Gasteiger partial charge in [0.05, 0.1) is 10.7 Å². The van der Waals surface area contributed by atoms with Crippen LogP contribution < -0.4 is 4.90 Å². The van der Waals surface area contributed by atoms with Gasteiger partial charge in [0.25, 0.3) is 0 Å². The lowest BCUT2D eigenvalue weighted by atomic mass is 10.1. The number of carbonyl (C=O) groups is 1. The molecule has 0 saturated carbocycles. The van der Waals surface area contributed by atoms with Crippen molar-refractivity contribution in [2.24, 2.45) is 0 Å². The third-order valence-corrected chi connectivity index (χ3v) is 3.61. The lowest BCUT2D eigenvalue weighted by molar-refractivity contribution is 0.112. The summed E-state index contributed by atoms with van der Waals surface area (Å²) in [4.78, 5) is 13.0. The van der Waals surface area contributed by atoms with Gasteiger partial charge in [0, 0.05) is 18.7 Å². The van der Waals surface area contributed by atoms with Crippen molar-refractivity contribution in [3.8, 4) is 0 Å². The average molecular weight is 252 g/mol. The Balaban J connectivity index is 2.16. The van der Waals surface area contributed by atoms with Gasteiger partial charge in [-0.05, 0) is 31.0 Å². The second kappa shape index (κ2) is 6.06. The third-order valence-electron chi connectivity index (χ3n) is 3.30. The van der Waals surface area contributed by atoms with E-state index in [0.29, 0.717) is 10.6 Å². The Bertz CT molecular complexity index is 384. The molecule has 1 aliphatic heterocycles. The minimum Gasteiger partial charge on any atom is -0.370 e. The summed E-state index contributed by atoms with van der Waals surface area (Å²) in [5.74, 6) is 0. The van der Waals surface area contributed by atoms with Crippen molar-refractivity contribution < 1.29 is 4.79 Å². The molecule has 1 saturated heterocycles. The highest BCUT2D eigenvalue weighted by Crippen LogP contribution is 2.28. The van der Waals surface area contributed by atoms with E-state index >= 15 is 0 Å². The molecule has 17 heavy (non-hydrogen) atoms. The van der Waals surface area contributed by atoms with Gasteiger partial charge in [-0.3, -0.25) is 4.79 Å². The van der Waals surface area contributed by atoms with Crippen LogP contribution >= 0.6 is 11.6 Å². The Hall–Kier alpha value is -1.02. The first kappa shape index (κ1) is 12.4. The SMILES string of the molecule is O=Cc1ccc(N2CCCCCCC2)c(Cl)c1. The zero-order valence-corrected chi connectivity index (χ0v) is 10.7. The minimum absolute atomic E-state index is 0.644. The van der Waals surface area contributed by atoms with Gasteiger partial charge < -0.3 is 4.90 Å². The van der Waals surface area contributed by atoms with E-state index < -0.39 is 0 Å². The van der Waals surface area contributed by atoms with Gasteiger partial charge in [0.15, 0.2) is 0 Å². The Kier molecular flexibility index (Phi) is 4.43. The summed E-state index contributed by atoms with van der Waals surface area (Å²) in [6.45, 7) is 2.14. The van der Waals surface area contributed by atoms with E-state index in [0.717, 1.165) is 25.1 Å². The van der Waals surface area contributed by atoms with Crippen molar-refractivity contribution in [1.82, 2.24) is 0 Å². The van der Waals surface area contributed by atoms with Gasteiger partial charge >= 0.3 is 0 Å². The molecule has 92 valence electrons. The van der Waals surface area contributed by atoms with Crippen LogP contribution in [0.15, 0.2) is 18.2 Å². The summed E-state index contributed by atoms with van der Waals surface area (Å²) in [5, 5.41) is 0.690. The number of hydrogen-bond acceptors (Lipinski definition) is 2. The first-order valence-electron chi connectivity index (χ1n) is 6.31. The lowest BCUT2D eigenvalue weighted by Crippen LogP contribution is -2.27. The molecular weight excluding hydrogens is 234 g/mol. The van der Waals surface area contributed by atoms with Crippen LogP contribution in [0.2, 0.25) is 5.02 Å². The molecule has 0 amide bonds. The lowest BCUT2D eigenvalue weighted by Gasteiger charge is -2.27. The second-order valence-electron chi connectivity index (χ2n) is 4.58. The van der Waals surface area contributed by atoms with Crippen LogP contribution in [-0.2, 0) is 0 Å². The van der Waals surface area contributed by atoms with Crippen molar-refractivity contribution >= 4 is 23.6 Å². The van der Waals surface area contributed by atoms with Crippen molar-refractivity contribution in [3.05, 3.63) is 28.8 Å². The summed E-state index contributed by atoms with van der Waals surface area (Å²) < 4.78 is 0. The van der Waals surface area contributed by atoms with Crippen molar-refractivity contribution in [3.63, 3.8) is 0 Å². The monoisotopic (exact) mass is 251 g/mol. The van der Waals surface area contributed by atoms with Crippen LogP contribution in [0, 0.1) is 0 Å². The summed E-state index contributed by atoms with van der Waals surface area (Å²) in [6.07, 6.45) is 7.26. The van der Waals surface area contributed by atoms with E-state index in [1.165, 1.54) is 32.1 Å². The number of aldehydes is 1. The smallest absolute Gasteiger partial charge is 0.150 e. The number of halogens is 1. The highest BCUT2D eigenvalue weighted by Gasteiger charge is 2.12. The maximum atomic E-state index is 10.7. The molecule has 1 fully saturated rings. The van der Waals surface area contributed by atoms with Gasteiger partial charge in [0.1, 0.15) is 6.29 Å². The Morgan fingerprint density at radius 1 is 1.06 bits per heavy atom. The summed E-state index contributed by atoms with van der Waals surface area (Å²) >= 11 is 6.24. The van der Waals surface area contributed by atoms with Crippen molar-refractivity contribution in [2.75, 3.05) is 18.0 Å². The molecule has 0 aliphatic carbocycles. The third kappa shape index (κ3) is 3.22. The van der Waals surface area contributed by atoms with Gasteiger partial charge in [-0.25, -0.2) is 0 Å². The fourth-order valence-corrected chi connectivity index (χ4v) is 2.65. The van der Waals surface area contributed by atoms with Gasteiger partial charge in [-0.2, -0.15) is 0 Å². The summed E-state index contributed by atoms with van der Waals surface area (Å²) in [5.41, 5.74) is 1.71. The predicted molar refractivity (Wildman–Crippen MR) is 72.1 cm³/mol. The molecule has 1 aliphatic rings. The standard InChI is InChI=1S/C14H18ClNO/c15-13-10-12(11-17)6-7-14(13)16-8-4-2-1-3-5-9-16/h6-7,10-11H,1-5,8-9H2. The first-order valence-corrected chi connectivity index (χ1v) is 6.69. The molecule has 2 rings (SSSR count). The Morgan fingerprint density at radius 2 is 1.71 bits per heavy atom. The van der Waals surface area contributed by atoms with Gasteiger partial charge in [-0.1, -0.05) is 30.9 Å². The highest BCUT2D eigenvalue weighted by atomic mass is 35.5. The number of carbonyl (C=O) groups excluding carboxylic acids is 1. The highest BCUT2D eigenvalue weighted by molar-refractivity contribution is 6.33. The molecule has 0 bridgehead atoms. The second-order valence-corrected chi connectivity index (χ2v) is 4.99. The van der Waals surface area contributed by atoms with Crippen LogP contribution in [0.5, 0.6) is 0 Å². The molecule has 0 aromatic heterocycles. The van der Waals surface area contributed by atoms with E-state index in [4.69, 9.17) is 11.6 Å². The van der Waals surface area contributed by atoms with Gasteiger partial charge in [0.2, 0.25) is 0 Å². The average Bonchev–Trinajstić information content (AvgIpc) is 2.29. The van der Waals surface area contributed by atoms with Crippen molar-refractivity contribution in [2.45, 2.75) is 32.1 Å². The molecule has 1 heterocycles. The molecule has 2 nitrogen and oxygen atoms in total. The molecule has 0 radical (unpaired) electrons. The molecule has 0 N–H and O–H groups in total. The van der Waals surface area contributed by atoms with Crippen molar-refractivity contribution in [1.29, 1.82) is 0 Å². The van der Waals surface area contributed by atoms with Crippen LogP contribution in [0.4, 0.5) is 5.69 Å². The normalized spacial score (nSPS) is 17.4. The molecule has 0 unspecified atom stereocenters. The summed E-state index contributed by atoms with van der Waals surface area (Å²) in [6, 6.07) is 5.56. The van der Waals surface area contributed by atoms with Gasteiger partial charge in [-0.15, -0.1) is 0 Å². The number of benzene rings is 1. The van der Waals surface area contributed by atoms with E-state index in [1.807, 2.05) is 12.1 Å². The number of nitrogens with zero attached hydrogens (tertiary/aromatic N) is 1. The first-order chi connectivity index (χ1) is 8.31. The topological polar surface area (TPSA) is 20.3 Å².